The van der Waals surface area contributed by atoms with Crippen molar-refractivity contribution in [1.82, 2.24) is 9.55 Å². The molecule has 0 aliphatic heterocycles. The summed E-state index contributed by atoms with van der Waals surface area (Å²) < 4.78 is 31.2. The van der Waals surface area contributed by atoms with Gasteiger partial charge in [0.2, 0.25) is 0 Å². The third-order valence-corrected chi connectivity index (χ3v) is 8.86. The number of hydrogen-bond acceptors (Lipinski definition) is 5. The second-order valence-electron chi connectivity index (χ2n) is 9.81. The molecule has 1 heterocycles. The maximum Gasteiger partial charge on any atom is 0.264 e. The number of imidazole rings is 1. The fourth-order valence-corrected chi connectivity index (χ4v) is 6.18. The number of benzene rings is 4. The maximum absolute atomic E-state index is 13.9. The Morgan fingerprint density at radius 2 is 1.39 bits per heavy atom. The molecule has 0 aliphatic rings. The summed E-state index contributed by atoms with van der Waals surface area (Å²) in [5.41, 5.74) is 16.4. The highest BCUT2D eigenvalue weighted by molar-refractivity contribution is 7.92. The van der Waals surface area contributed by atoms with E-state index < -0.39 is 10.0 Å². The predicted molar refractivity (Wildman–Crippen MR) is 163 cm³/mol. The van der Waals surface area contributed by atoms with Crippen LogP contribution in [0.5, 0.6) is 0 Å². The topological polar surface area (TPSA) is 155 Å². The quantitative estimate of drug-likeness (QED) is 0.147. The van der Waals surface area contributed by atoms with Crippen LogP contribution in [-0.2, 0) is 36.5 Å². The molecule has 10 heteroatoms. The van der Waals surface area contributed by atoms with Crippen molar-refractivity contribution in [2.45, 2.75) is 24.3 Å². The van der Waals surface area contributed by atoms with Crippen molar-refractivity contribution in [2.24, 2.45) is 18.5 Å². The summed E-state index contributed by atoms with van der Waals surface area (Å²) in [4.78, 5) is 5.05. The molecular formula is C31H31N7O2S. The van der Waals surface area contributed by atoms with E-state index in [1.807, 2.05) is 48.0 Å². The number of amidine groups is 2. The van der Waals surface area contributed by atoms with E-state index in [9.17, 15) is 8.42 Å². The zero-order valence-corrected chi connectivity index (χ0v) is 23.4. The molecule has 41 heavy (non-hydrogen) atoms. The van der Waals surface area contributed by atoms with Gasteiger partial charge in [0.1, 0.15) is 17.5 Å². The molecule has 0 saturated heterocycles. The first-order valence-corrected chi connectivity index (χ1v) is 14.5. The van der Waals surface area contributed by atoms with E-state index in [-0.39, 0.29) is 23.1 Å². The van der Waals surface area contributed by atoms with E-state index in [0.29, 0.717) is 28.8 Å². The number of nitrogens with zero attached hydrogens (tertiary/aromatic N) is 3. The lowest BCUT2D eigenvalue weighted by Crippen LogP contribution is -2.30. The molecule has 9 nitrogen and oxygen atoms in total. The van der Waals surface area contributed by atoms with E-state index in [0.717, 1.165) is 28.9 Å². The van der Waals surface area contributed by atoms with Gasteiger partial charge < -0.3 is 16.0 Å². The number of anilines is 1. The Kier molecular flexibility index (Phi) is 7.58. The van der Waals surface area contributed by atoms with Crippen LogP contribution in [0.25, 0.3) is 11.0 Å². The summed E-state index contributed by atoms with van der Waals surface area (Å²) in [5, 5.41) is 15.2. The Labute approximate surface area is 239 Å². The lowest BCUT2D eigenvalue weighted by Gasteiger charge is -2.25. The number of nitrogens with one attached hydrogen (secondary N) is 2. The fourth-order valence-electron chi connectivity index (χ4n) is 4.71. The van der Waals surface area contributed by atoms with Crippen molar-refractivity contribution in [3.63, 3.8) is 0 Å². The van der Waals surface area contributed by atoms with Gasteiger partial charge >= 0.3 is 0 Å². The lowest BCUT2D eigenvalue weighted by molar-refractivity contribution is 0.590. The van der Waals surface area contributed by atoms with Crippen LogP contribution in [-0.4, -0.2) is 29.6 Å². The molecule has 1 aromatic heterocycles. The molecule has 0 unspecified atom stereocenters. The molecule has 0 spiro atoms. The number of nitrogens with two attached hydrogens (primary N) is 2. The average Bonchev–Trinajstić information content (AvgIpc) is 3.29. The molecule has 6 N–H and O–H groups in total. The lowest BCUT2D eigenvalue weighted by atomic mass is 10.1. The van der Waals surface area contributed by atoms with Gasteiger partial charge in [0.05, 0.1) is 28.2 Å². The Hall–Kier alpha value is -4.96. The zero-order chi connectivity index (χ0) is 29.1. The maximum atomic E-state index is 13.9. The van der Waals surface area contributed by atoms with E-state index in [4.69, 9.17) is 27.3 Å². The van der Waals surface area contributed by atoms with Crippen LogP contribution >= 0.6 is 0 Å². The Bertz CT molecular complexity index is 1830. The molecule has 208 valence electrons. The molecule has 4 aromatic carbocycles. The summed E-state index contributed by atoms with van der Waals surface area (Å²) in [7, 11) is -1.94. The molecule has 0 amide bonds. The van der Waals surface area contributed by atoms with Crippen LogP contribution in [0.3, 0.4) is 0 Å². The summed E-state index contributed by atoms with van der Waals surface area (Å²) in [6, 6.07) is 28.5. The van der Waals surface area contributed by atoms with Crippen molar-refractivity contribution in [1.29, 1.82) is 10.8 Å². The first-order valence-electron chi connectivity index (χ1n) is 13.0. The van der Waals surface area contributed by atoms with Crippen molar-refractivity contribution in [3.05, 3.63) is 125 Å². The van der Waals surface area contributed by atoms with E-state index in [2.05, 4.69) is 0 Å². The molecule has 0 saturated carbocycles. The molecule has 0 aliphatic carbocycles. The Morgan fingerprint density at radius 3 is 1.98 bits per heavy atom. The summed E-state index contributed by atoms with van der Waals surface area (Å²) >= 11 is 0. The van der Waals surface area contributed by atoms with Gasteiger partial charge in [0, 0.05) is 24.6 Å². The average molecular weight is 566 g/mol. The highest BCUT2D eigenvalue weighted by atomic mass is 32.2. The number of aromatic nitrogens is 2. The van der Waals surface area contributed by atoms with Gasteiger partial charge in [-0.05, 0) is 47.9 Å². The number of fused-ring (bicyclic) bond motifs is 1. The van der Waals surface area contributed by atoms with Crippen molar-refractivity contribution < 1.29 is 8.42 Å². The number of aryl methyl sites for hydroxylation is 3. The van der Waals surface area contributed by atoms with Crippen LogP contribution in [0.4, 0.5) is 5.69 Å². The third kappa shape index (κ3) is 5.82. The number of sulfonamides is 1. The minimum atomic E-state index is -3.90. The fraction of sp³-hybridized carbons (Fsp3) is 0.129. The zero-order valence-electron chi connectivity index (χ0n) is 22.6. The SMILES string of the molecule is Cn1c(CCc2ccc(C(=N)N)cc2)nc2cc(N(Cc3ccc(C(=N)N)cc3)S(=O)(=O)c3ccccc3)ccc21. The van der Waals surface area contributed by atoms with E-state index in [1.54, 1.807) is 60.7 Å². The number of nitrogen functional groups attached to an aromatic ring is 2. The number of hydrogen-bond donors (Lipinski definition) is 4. The smallest absolute Gasteiger partial charge is 0.264 e. The Balaban J connectivity index is 1.47. The monoisotopic (exact) mass is 565 g/mol. The van der Waals surface area contributed by atoms with E-state index in [1.165, 1.54) is 4.31 Å². The van der Waals surface area contributed by atoms with Crippen LogP contribution in [0.15, 0.2) is 102 Å². The first-order chi connectivity index (χ1) is 19.6. The van der Waals surface area contributed by atoms with Crippen LogP contribution in [0, 0.1) is 10.8 Å². The molecule has 0 atom stereocenters. The third-order valence-electron chi connectivity index (χ3n) is 7.07. The molecule has 0 bridgehead atoms. The van der Waals surface area contributed by atoms with Crippen molar-refractivity contribution >= 4 is 38.4 Å². The molecular weight excluding hydrogens is 534 g/mol. The van der Waals surface area contributed by atoms with Crippen LogP contribution in [0.2, 0.25) is 0 Å². The van der Waals surface area contributed by atoms with Gasteiger partial charge in [-0.2, -0.15) is 0 Å². The second-order valence-corrected chi connectivity index (χ2v) is 11.7. The molecule has 5 aromatic rings. The normalized spacial score (nSPS) is 11.4. The highest BCUT2D eigenvalue weighted by Crippen LogP contribution is 2.29. The van der Waals surface area contributed by atoms with Gasteiger partial charge in [0.25, 0.3) is 10.0 Å². The predicted octanol–water partition coefficient (Wildman–Crippen LogP) is 4.32. The first kappa shape index (κ1) is 27.6. The molecule has 0 fully saturated rings. The van der Waals surface area contributed by atoms with Crippen LogP contribution in [0.1, 0.15) is 28.1 Å². The summed E-state index contributed by atoms with van der Waals surface area (Å²) in [6.45, 7) is 0.0941. The highest BCUT2D eigenvalue weighted by Gasteiger charge is 2.26. The Morgan fingerprint density at radius 1 is 0.805 bits per heavy atom. The van der Waals surface area contributed by atoms with Gasteiger partial charge in [-0.1, -0.05) is 66.7 Å². The van der Waals surface area contributed by atoms with E-state index >= 15 is 0 Å². The molecule has 0 radical (unpaired) electrons. The standard InChI is InChI=1S/C31H31N7O2S/c1-37-28-17-16-25(19-27(28)36-29(37)18-11-21-7-12-23(13-8-21)30(32)33)38(41(39,40)26-5-3-2-4-6-26)20-22-9-14-24(15-10-22)31(34)35/h2-10,12-17,19H,11,18,20H2,1H3,(H3,32,33)(H3,34,35). The summed E-state index contributed by atoms with van der Waals surface area (Å²) in [6.07, 6.45) is 1.45. The van der Waals surface area contributed by atoms with Gasteiger partial charge in [-0.3, -0.25) is 15.1 Å². The molecule has 5 rings (SSSR count). The van der Waals surface area contributed by atoms with Crippen molar-refractivity contribution in [3.8, 4) is 0 Å². The summed E-state index contributed by atoms with van der Waals surface area (Å²) in [5.74, 6) is 0.874. The number of rotatable bonds is 10. The largest absolute Gasteiger partial charge is 0.384 e. The van der Waals surface area contributed by atoms with Crippen molar-refractivity contribution in [2.75, 3.05) is 4.31 Å². The van der Waals surface area contributed by atoms with Crippen LogP contribution < -0.4 is 15.8 Å². The van der Waals surface area contributed by atoms with Gasteiger partial charge in [-0.15, -0.1) is 0 Å². The minimum Gasteiger partial charge on any atom is -0.384 e. The van der Waals surface area contributed by atoms with Gasteiger partial charge in [-0.25, -0.2) is 13.4 Å². The van der Waals surface area contributed by atoms with Gasteiger partial charge in [0.15, 0.2) is 0 Å². The second kappa shape index (κ2) is 11.3. The minimum absolute atomic E-state index is 0.0408.